The molecule has 0 radical (unpaired) electrons. The fourth-order valence-electron chi connectivity index (χ4n) is 6.98. The summed E-state index contributed by atoms with van der Waals surface area (Å²) in [7, 11) is 0. The van der Waals surface area contributed by atoms with E-state index in [2.05, 4.69) is 19.2 Å². The van der Waals surface area contributed by atoms with Crippen LogP contribution < -0.4 is 5.32 Å². The van der Waals surface area contributed by atoms with Crippen molar-refractivity contribution in [3.05, 3.63) is 12.2 Å². The van der Waals surface area contributed by atoms with E-state index in [-0.39, 0.29) is 18.5 Å². The second kappa shape index (κ2) is 42.3. The Bertz CT molecular complexity index is 772. The molecule has 0 heterocycles. The summed E-state index contributed by atoms with van der Waals surface area (Å²) >= 11 is 0. The molecule has 308 valence electrons. The van der Waals surface area contributed by atoms with Crippen molar-refractivity contribution >= 4 is 11.9 Å². The standard InChI is InChI=1S/C46H89NO5/c1-3-5-7-9-11-13-15-17-18-20-24-28-32-36-40-46(51)52-41-37-33-29-25-21-23-27-31-35-39-45(50)47-43(42-48)44(49)38-34-30-26-22-19-16-14-12-10-8-6-4-2/h34,38,43-44,48-49H,3-33,35-37,39-42H2,1-2H3,(H,47,50)/b38-34+. The largest absolute Gasteiger partial charge is 0.466 e. The number of nitrogens with one attached hydrogen (secondary N) is 1. The molecule has 0 aliphatic heterocycles. The first-order chi connectivity index (χ1) is 25.5. The van der Waals surface area contributed by atoms with Crippen LogP contribution in [0.25, 0.3) is 0 Å². The molecule has 0 aromatic heterocycles. The number of esters is 1. The normalized spacial score (nSPS) is 12.8. The Hall–Kier alpha value is -1.40. The molecule has 0 aromatic rings. The van der Waals surface area contributed by atoms with Gasteiger partial charge in [0.05, 0.1) is 25.4 Å². The van der Waals surface area contributed by atoms with Crippen molar-refractivity contribution in [2.24, 2.45) is 0 Å². The molecule has 0 aliphatic rings. The quantitative estimate of drug-likeness (QED) is 0.0329. The lowest BCUT2D eigenvalue weighted by atomic mass is 10.0. The second-order valence-electron chi connectivity index (χ2n) is 15.7. The maximum Gasteiger partial charge on any atom is 0.305 e. The molecule has 0 fully saturated rings. The predicted octanol–water partition coefficient (Wildman–Crippen LogP) is 13.0. The molecule has 52 heavy (non-hydrogen) atoms. The maximum atomic E-state index is 12.4. The van der Waals surface area contributed by atoms with Crippen LogP contribution in [0.5, 0.6) is 0 Å². The average Bonchev–Trinajstić information content (AvgIpc) is 3.14. The van der Waals surface area contributed by atoms with Crippen molar-refractivity contribution in [1.29, 1.82) is 0 Å². The Morgan fingerprint density at radius 3 is 1.31 bits per heavy atom. The second-order valence-corrected chi connectivity index (χ2v) is 15.7. The van der Waals surface area contributed by atoms with Gasteiger partial charge < -0.3 is 20.3 Å². The number of aliphatic hydroxyl groups excluding tert-OH is 2. The van der Waals surface area contributed by atoms with Crippen molar-refractivity contribution in [2.45, 2.75) is 257 Å². The highest BCUT2D eigenvalue weighted by atomic mass is 16.5. The number of carbonyl (C=O) groups excluding carboxylic acids is 2. The topological polar surface area (TPSA) is 95.9 Å². The zero-order valence-electron chi connectivity index (χ0n) is 34.8. The summed E-state index contributed by atoms with van der Waals surface area (Å²) < 4.78 is 5.44. The monoisotopic (exact) mass is 736 g/mol. The SMILES string of the molecule is CCCCCCCCCCCC/C=C/C(O)C(CO)NC(=O)CCCCCCCCCCCOC(=O)CCCCCCCCCCCCCCCC. The minimum Gasteiger partial charge on any atom is -0.466 e. The van der Waals surface area contributed by atoms with Gasteiger partial charge in [0, 0.05) is 12.8 Å². The Labute approximate surface area is 323 Å². The molecule has 0 saturated carbocycles. The highest BCUT2D eigenvalue weighted by Crippen LogP contribution is 2.15. The molecular formula is C46H89NO5. The summed E-state index contributed by atoms with van der Waals surface area (Å²) in [5.41, 5.74) is 0. The van der Waals surface area contributed by atoms with Crippen LogP contribution in [0.2, 0.25) is 0 Å². The molecule has 0 spiro atoms. The van der Waals surface area contributed by atoms with Crippen LogP contribution in [0.4, 0.5) is 0 Å². The Kier molecular flexibility index (Phi) is 41.2. The number of aliphatic hydroxyl groups is 2. The Morgan fingerprint density at radius 2 is 0.885 bits per heavy atom. The van der Waals surface area contributed by atoms with Crippen LogP contribution in [0.3, 0.4) is 0 Å². The lowest BCUT2D eigenvalue weighted by Crippen LogP contribution is -2.45. The van der Waals surface area contributed by atoms with Gasteiger partial charge in [-0.05, 0) is 32.1 Å². The maximum absolute atomic E-state index is 12.4. The molecule has 2 atom stereocenters. The molecule has 0 saturated heterocycles. The summed E-state index contributed by atoms with van der Waals surface area (Å²) in [6.07, 6.45) is 46.2. The van der Waals surface area contributed by atoms with E-state index < -0.39 is 12.1 Å². The summed E-state index contributed by atoms with van der Waals surface area (Å²) in [6, 6.07) is -0.645. The number of allylic oxidation sites excluding steroid dienone is 1. The van der Waals surface area contributed by atoms with Gasteiger partial charge in [-0.15, -0.1) is 0 Å². The highest BCUT2D eigenvalue weighted by Gasteiger charge is 2.18. The van der Waals surface area contributed by atoms with Gasteiger partial charge in [0.15, 0.2) is 0 Å². The van der Waals surface area contributed by atoms with Crippen molar-refractivity contribution in [3.63, 3.8) is 0 Å². The fourth-order valence-corrected chi connectivity index (χ4v) is 6.98. The predicted molar refractivity (Wildman–Crippen MR) is 223 cm³/mol. The van der Waals surface area contributed by atoms with Gasteiger partial charge in [-0.3, -0.25) is 9.59 Å². The average molecular weight is 736 g/mol. The zero-order chi connectivity index (χ0) is 38.0. The molecule has 2 unspecified atom stereocenters. The molecule has 0 bridgehead atoms. The van der Waals surface area contributed by atoms with Gasteiger partial charge in [-0.1, -0.05) is 212 Å². The van der Waals surface area contributed by atoms with Crippen molar-refractivity contribution < 1.29 is 24.5 Å². The van der Waals surface area contributed by atoms with Gasteiger partial charge in [0.1, 0.15) is 0 Å². The van der Waals surface area contributed by atoms with Crippen LogP contribution in [0, 0.1) is 0 Å². The van der Waals surface area contributed by atoms with E-state index in [1.807, 2.05) is 6.08 Å². The minimum atomic E-state index is -0.858. The van der Waals surface area contributed by atoms with Gasteiger partial charge in [-0.25, -0.2) is 0 Å². The van der Waals surface area contributed by atoms with Crippen LogP contribution >= 0.6 is 0 Å². The number of unbranched alkanes of at least 4 members (excludes halogenated alkanes) is 31. The number of hydrogen-bond acceptors (Lipinski definition) is 5. The van der Waals surface area contributed by atoms with E-state index in [1.165, 1.54) is 161 Å². The van der Waals surface area contributed by atoms with Gasteiger partial charge in [0.2, 0.25) is 5.91 Å². The third-order valence-corrected chi connectivity index (χ3v) is 10.6. The third-order valence-electron chi connectivity index (χ3n) is 10.6. The molecule has 1 amide bonds. The van der Waals surface area contributed by atoms with Gasteiger partial charge in [-0.2, -0.15) is 0 Å². The van der Waals surface area contributed by atoms with Gasteiger partial charge in [0.25, 0.3) is 0 Å². The van der Waals surface area contributed by atoms with E-state index in [4.69, 9.17) is 4.74 Å². The van der Waals surface area contributed by atoms with Crippen molar-refractivity contribution in [2.75, 3.05) is 13.2 Å². The van der Waals surface area contributed by atoms with E-state index >= 15 is 0 Å². The summed E-state index contributed by atoms with van der Waals surface area (Å²) in [5, 5.41) is 22.9. The minimum absolute atomic E-state index is 0.0256. The highest BCUT2D eigenvalue weighted by molar-refractivity contribution is 5.76. The Balaban J connectivity index is 3.51. The van der Waals surface area contributed by atoms with E-state index in [1.54, 1.807) is 6.08 Å². The first-order valence-electron chi connectivity index (χ1n) is 23.0. The molecule has 0 aliphatic carbocycles. The van der Waals surface area contributed by atoms with Crippen molar-refractivity contribution in [3.8, 4) is 0 Å². The fraction of sp³-hybridized carbons (Fsp3) is 0.913. The lowest BCUT2D eigenvalue weighted by molar-refractivity contribution is -0.143. The van der Waals surface area contributed by atoms with Crippen LogP contribution in [-0.4, -0.2) is 47.4 Å². The Morgan fingerprint density at radius 1 is 0.519 bits per heavy atom. The number of ether oxygens (including phenoxy) is 1. The van der Waals surface area contributed by atoms with Crippen molar-refractivity contribution in [1.82, 2.24) is 5.32 Å². The molecular weight excluding hydrogens is 647 g/mol. The number of hydrogen-bond donors (Lipinski definition) is 3. The summed E-state index contributed by atoms with van der Waals surface area (Å²) in [4.78, 5) is 24.4. The summed E-state index contributed by atoms with van der Waals surface area (Å²) in [5.74, 6) is -0.121. The molecule has 6 nitrogen and oxygen atoms in total. The molecule has 0 rings (SSSR count). The first-order valence-corrected chi connectivity index (χ1v) is 23.0. The summed E-state index contributed by atoms with van der Waals surface area (Å²) in [6.45, 7) is 4.82. The molecule has 6 heteroatoms. The van der Waals surface area contributed by atoms with E-state index in [9.17, 15) is 19.8 Å². The van der Waals surface area contributed by atoms with E-state index in [0.717, 1.165) is 57.8 Å². The number of amides is 1. The van der Waals surface area contributed by atoms with E-state index in [0.29, 0.717) is 19.4 Å². The third kappa shape index (κ3) is 38.3. The number of carbonyl (C=O) groups is 2. The molecule has 0 aromatic carbocycles. The van der Waals surface area contributed by atoms with Crippen LogP contribution in [0.1, 0.15) is 245 Å². The zero-order valence-corrected chi connectivity index (χ0v) is 34.8. The first kappa shape index (κ1) is 50.6. The molecule has 3 N–H and O–H groups in total. The lowest BCUT2D eigenvalue weighted by Gasteiger charge is -2.20. The smallest absolute Gasteiger partial charge is 0.305 e. The van der Waals surface area contributed by atoms with Crippen LogP contribution in [0.15, 0.2) is 12.2 Å². The van der Waals surface area contributed by atoms with Gasteiger partial charge >= 0.3 is 5.97 Å². The number of rotatable bonds is 42. The van der Waals surface area contributed by atoms with Crippen LogP contribution in [-0.2, 0) is 14.3 Å².